The summed E-state index contributed by atoms with van der Waals surface area (Å²) in [4.78, 5) is 43.6. The second-order valence-electron chi connectivity index (χ2n) is 10.1. The summed E-state index contributed by atoms with van der Waals surface area (Å²) >= 11 is 5.75. The Hall–Kier alpha value is -3.13. The second-order valence-corrected chi connectivity index (χ2v) is 10.5. The van der Waals surface area contributed by atoms with Crippen molar-refractivity contribution in [3.8, 4) is 0 Å². The fourth-order valence-corrected chi connectivity index (χ4v) is 5.65. The third kappa shape index (κ3) is 3.49. The molecule has 5 rings (SSSR count). The first-order valence-electron chi connectivity index (χ1n) is 11.2. The number of alkyl halides is 3. The van der Waals surface area contributed by atoms with Crippen LogP contribution in [0.25, 0.3) is 6.08 Å². The Kier molecular flexibility index (Phi) is 5.18. The smallest absolute Gasteiger partial charge is 0.359 e. The van der Waals surface area contributed by atoms with E-state index in [9.17, 15) is 27.6 Å². The molecule has 2 aromatic rings. The van der Waals surface area contributed by atoms with Gasteiger partial charge in [-0.25, -0.2) is 4.90 Å². The second kappa shape index (κ2) is 7.68. The normalized spacial score (nSPS) is 25.6. The number of nitrogens with zero attached hydrogens (tertiary/aromatic N) is 2. The standard InChI is InChI=1S/C26H22ClF3N2O3/c1-25(2,3)22(33)21-19-18(20-15-7-5-4-6-13(15)10-11-31(20)21)23(34)32(24(19)35)14-8-9-17(27)16(12-14)26(28,29)30/h4-12,18-21H,1-3H3/t18-,19-,20+,21+/m1/s1. The van der Waals surface area contributed by atoms with Crippen molar-refractivity contribution in [1.82, 2.24) is 4.90 Å². The maximum absolute atomic E-state index is 13.8. The number of amides is 2. The van der Waals surface area contributed by atoms with Gasteiger partial charge in [-0.05, 0) is 35.4 Å². The molecular weight excluding hydrogens is 481 g/mol. The fourth-order valence-electron chi connectivity index (χ4n) is 5.42. The van der Waals surface area contributed by atoms with Crippen molar-refractivity contribution in [2.75, 3.05) is 4.90 Å². The van der Waals surface area contributed by atoms with Crippen LogP contribution in [0.3, 0.4) is 0 Å². The van der Waals surface area contributed by atoms with E-state index in [1.807, 2.05) is 30.3 Å². The average Bonchev–Trinajstić information content (AvgIpc) is 3.25. The molecule has 0 unspecified atom stereocenters. The van der Waals surface area contributed by atoms with Crippen LogP contribution < -0.4 is 4.90 Å². The predicted octanol–water partition coefficient (Wildman–Crippen LogP) is 5.49. The molecule has 0 saturated carbocycles. The van der Waals surface area contributed by atoms with E-state index >= 15 is 0 Å². The van der Waals surface area contributed by atoms with Crippen LogP contribution in [0.15, 0.2) is 48.7 Å². The van der Waals surface area contributed by atoms with E-state index in [4.69, 9.17) is 11.6 Å². The van der Waals surface area contributed by atoms with Crippen LogP contribution in [0.4, 0.5) is 18.9 Å². The van der Waals surface area contributed by atoms with Crippen LogP contribution >= 0.6 is 11.6 Å². The molecule has 5 nitrogen and oxygen atoms in total. The maximum atomic E-state index is 13.8. The van der Waals surface area contributed by atoms with Crippen molar-refractivity contribution in [3.63, 3.8) is 0 Å². The van der Waals surface area contributed by atoms with Crippen LogP contribution in [0.2, 0.25) is 5.02 Å². The van der Waals surface area contributed by atoms with Gasteiger partial charge in [-0.15, -0.1) is 0 Å². The molecule has 0 aromatic heterocycles. The van der Waals surface area contributed by atoms with E-state index in [2.05, 4.69) is 0 Å². The van der Waals surface area contributed by atoms with Gasteiger partial charge < -0.3 is 4.90 Å². The number of halogens is 4. The topological polar surface area (TPSA) is 57.7 Å². The van der Waals surface area contributed by atoms with Gasteiger partial charge >= 0.3 is 6.18 Å². The lowest BCUT2D eigenvalue weighted by molar-refractivity contribution is -0.137. The summed E-state index contributed by atoms with van der Waals surface area (Å²) in [5.74, 6) is -3.47. The molecule has 4 atom stereocenters. The lowest BCUT2D eigenvalue weighted by Gasteiger charge is -2.37. The van der Waals surface area contributed by atoms with E-state index in [0.717, 1.165) is 22.1 Å². The van der Waals surface area contributed by atoms with Gasteiger partial charge in [0.1, 0.15) is 6.04 Å². The van der Waals surface area contributed by atoms with E-state index < -0.39 is 57.9 Å². The molecule has 0 N–H and O–H groups in total. The summed E-state index contributed by atoms with van der Waals surface area (Å²) in [6.45, 7) is 5.23. The first-order chi connectivity index (χ1) is 16.3. The minimum atomic E-state index is -4.76. The van der Waals surface area contributed by atoms with Gasteiger partial charge in [-0.3, -0.25) is 14.4 Å². The molecule has 3 aliphatic heterocycles. The maximum Gasteiger partial charge on any atom is 0.417 e. The van der Waals surface area contributed by atoms with Crippen molar-refractivity contribution in [1.29, 1.82) is 0 Å². The molecular formula is C26H22ClF3N2O3. The fraction of sp³-hybridized carbons (Fsp3) is 0.346. The van der Waals surface area contributed by atoms with E-state index in [1.165, 1.54) is 6.07 Å². The summed E-state index contributed by atoms with van der Waals surface area (Å²) in [5, 5.41) is -0.529. The minimum absolute atomic E-state index is 0.209. The zero-order chi connectivity index (χ0) is 25.4. The van der Waals surface area contributed by atoms with Crippen molar-refractivity contribution >= 4 is 41.0 Å². The summed E-state index contributed by atoms with van der Waals surface area (Å²) < 4.78 is 40.5. The molecule has 2 saturated heterocycles. The summed E-state index contributed by atoms with van der Waals surface area (Å²) in [5.41, 5.74) is -0.497. The van der Waals surface area contributed by atoms with Crippen LogP contribution in [-0.4, -0.2) is 28.5 Å². The molecule has 2 aromatic carbocycles. The SMILES string of the molecule is CC(C)(C)C(=O)[C@@H]1[C@@H]2C(=O)N(c3ccc(Cl)c(C(F)(F)F)c3)C(=O)[C@H]2[C@@H]2c3ccccc3C=CN12. The van der Waals surface area contributed by atoms with Crippen LogP contribution in [-0.2, 0) is 20.6 Å². The Morgan fingerprint density at radius 1 is 0.971 bits per heavy atom. The highest BCUT2D eigenvalue weighted by molar-refractivity contribution is 6.32. The number of hydrogen-bond donors (Lipinski definition) is 0. The lowest BCUT2D eigenvalue weighted by Crippen LogP contribution is -2.47. The number of Topliss-reactive ketones (excluding diaryl/α,β-unsaturated/α-hetero) is 1. The molecule has 9 heteroatoms. The van der Waals surface area contributed by atoms with Gasteiger partial charge in [0.05, 0.1) is 34.2 Å². The molecule has 0 spiro atoms. The predicted molar refractivity (Wildman–Crippen MR) is 124 cm³/mol. The highest BCUT2D eigenvalue weighted by Crippen LogP contribution is 2.54. The first-order valence-corrected chi connectivity index (χ1v) is 11.5. The number of anilines is 1. The highest BCUT2D eigenvalue weighted by atomic mass is 35.5. The Morgan fingerprint density at radius 3 is 2.29 bits per heavy atom. The molecule has 0 bridgehead atoms. The molecule has 35 heavy (non-hydrogen) atoms. The largest absolute Gasteiger partial charge is 0.417 e. The zero-order valence-corrected chi connectivity index (χ0v) is 19.9. The molecule has 0 radical (unpaired) electrons. The average molecular weight is 503 g/mol. The van der Waals surface area contributed by atoms with E-state index in [0.29, 0.717) is 6.07 Å². The van der Waals surface area contributed by atoms with Crippen LogP contribution in [0, 0.1) is 17.3 Å². The van der Waals surface area contributed by atoms with Crippen molar-refractivity contribution < 1.29 is 27.6 Å². The first kappa shape index (κ1) is 23.6. The van der Waals surface area contributed by atoms with Crippen LogP contribution in [0.5, 0.6) is 0 Å². The van der Waals surface area contributed by atoms with Crippen molar-refractivity contribution in [2.24, 2.45) is 17.3 Å². The van der Waals surface area contributed by atoms with Gasteiger partial charge in [0.25, 0.3) is 0 Å². The zero-order valence-electron chi connectivity index (χ0n) is 19.1. The number of ketones is 1. The summed E-state index contributed by atoms with van der Waals surface area (Å²) in [7, 11) is 0. The molecule has 2 amide bonds. The molecule has 182 valence electrons. The van der Waals surface area contributed by atoms with Crippen molar-refractivity contribution in [3.05, 3.63) is 70.4 Å². The lowest BCUT2D eigenvalue weighted by atomic mass is 9.79. The molecule has 0 aliphatic carbocycles. The van der Waals surface area contributed by atoms with E-state index in [-0.39, 0.29) is 11.5 Å². The number of benzene rings is 2. The van der Waals surface area contributed by atoms with Gasteiger partial charge in [0.2, 0.25) is 11.8 Å². The molecule has 3 heterocycles. The third-order valence-corrected chi connectivity index (χ3v) is 7.31. The van der Waals surface area contributed by atoms with Crippen molar-refractivity contribution in [2.45, 2.75) is 39.0 Å². The monoisotopic (exact) mass is 502 g/mol. The molecule has 2 fully saturated rings. The Labute approximate surface area is 205 Å². The number of fused-ring (bicyclic) bond motifs is 5. The van der Waals surface area contributed by atoms with Gasteiger partial charge in [0, 0.05) is 11.6 Å². The van der Waals surface area contributed by atoms with Crippen LogP contribution in [0.1, 0.15) is 43.5 Å². The third-order valence-electron chi connectivity index (χ3n) is 6.98. The number of carbonyl (C=O) groups excluding carboxylic acids is 3. The Balaban J connectivity index is 1.66. The number of imide groups is 1. The quantitative estimate of drug-likeness (QED) is 0.510. The minimum Gasteiger partial charge on any atom is -0.359 e. The summed E-state index contributed by atoms with van der Waals surface area (Å²) in [6, 6.07) is 8.85. The molecule has 3 aliphatic rings. The van der Waals surface area contributed by atoms with Gasteiger partial charge in [-0.2, -0.15) is 13.2 Å². The highest BCUT2D eigenvalue weighted by Gasteiger charge is 2.65. The Bertz CT molecular complexity index is 1300. The van der Waals surface area contributed by atoms with E-state index in [1.54, 1.807) is 31.9 Å². The number of carbonyl (C=O) groups is 3. The van der Waals surface area contributed by atoms with Gasteiger partial charge in [0.15, 0.2) is 5.78 Å². The Morgan fingerprint density at radius 2 is 1.63 bits per heavy atom. The van der Waals surface area contributed by atoms with Gasteiger partial charge in [-0.1, -0.05) is 56.6 Å². The summed E-state index contributed by atoms with van der Waals surface area (Å²) in [6.07, 6.45) is -1.17. The number of hydrogen-bond acceptors (Lipinski definition) is 4. The number of rotatable bonds is 2.